The fourth-order valence-corrected chi connectivity index (χ4v) is 8.27. The largest absolute Gasteiger partial charge is 0.507 e. The molecule has 3 aliphatic carbocycles. The van der Waals surface area contributed by atoms with Crippen LogP contribution in [0.25, 0.3) is 0 Å². The number of aliphatic hydroxyl groups excluding tert-OH is 2. The Bertz CT molecular complexity index is 2200. The van der Waals surface area contributed by atoms with E-state index >= 15 is 0 Å². The summed E-state index contributed by atoms with van der Waals surface area (Å²) in [5.41, 5.74) is 6.59. The summed E-state index contributed by atoms with van der Waals surface area (Å²) in [5, 5.41) is 61.1. The molecule has 3 aromatic carbocycles. The molecule has 0 spiro atoms. The van der Waals surface area contributed by atoms with E-state index in [9.17, 15) is 44.7 Å². The smallest absolute Gasteiger partial charge is 0.255 e. The Balaban J connectivity index is 1.22. The first-order valence-corrected chi connectivity index (χ1v) is 18.1. The molecule has 8 N–H and O–H groups in total. The molecule has 0 saturated heterocycles. The predicted molar refractivity (Wildman–Crippen MR) is 201 cm³/mol. The van der Waals surface area contributed by atoms with Crippen molar-refractivity contribution in [1.29, 1.82) is 0 Å². The van der Waals surface area contributed by atoms with Gasteiger partial charge < -0.3 is 40.7 Å². The van der Waals surface area contributed by atoms with Gasteiger partial charge >= 0.3 is 0 Å². The molecule has 15 nitrogen and oxygen atoms in total. The molecule has 1 heterocycles. The van der Waals surface area contributed by atoms with E-state index in [2.05, 4.69) is 17.1 Å². The molecule has 7 rings (SSSR count). The molecular weight excluding hydrogens is 724 g/mol. The number of nitrogens with one attached hydrogen (secondary N) is 1. The number of aliphatic hydroxyl groups is 3. The number of anilines is 1. The Morgan fingerprint density at radius 3 is 2.39 bits per heavy atom. The fraction of sp³-hybridized carbons (Fsp3) is 0.341. The lowest BCUT2D eigenvalue weighted by Crippen LogP contribution is -2.50. The van der Waals surface area contributed by atoms with Crippen LogP contribution in [0.2, 0.25) is 0 Å². The maximum absolute atomic E-state index is 14.0. The number of ketones is 2. The second-order valence-corrected chi connectivity index (χ2v) is 14.7. The number of benzene rings is 3. The molecule has 4 unspecified atom stereocenters. The van der Waals surface area contributed by atoms with Crippen LogP contribution in [-0.2, 0) is 27.2 Å². The standard InChI is InChI=1S/C41H42N4O11/c1-19-13-23(15-26(42)36(19)49)56-28-17-41(54,29(18-46)43-44-30(47)14-21-8-10-22(11-9-21)45-20(2)7-12-31(45)48)16-25-33(28)40(53)35-34(38(25)51)37(50)24-5-4-6-27(55-3)32(24)39(35)52/h4-12,19,23,26,28,36,46,49,51,53-54H,2,13-18,42H2,1,3H3,(H,44,47)/b43-29-/t19?,23?,26?,28-,36?,41-/m0/s1. The van der Waals surface area contributed by atoms with Gasteiger partial charge in [-0.1, -0.05) is 37.8 Å². The van der Waals surface area contributed by atoms with Gasteiger partial charge in [0, 0.05) is 53.0 Å². The van der Waals surface area contributed by atoms with Crippen LogP contribution >= 0.6 is 0 Å². The number of allylic oxidation sites excluding steroid dienone is 1. The van der Waals surface area contributed by atoms with Crippen molar-refractivity contribution in [3.05, 3.63) is 106 Å². The number of nitrogens with two attached hydrogens (primary N) is 1. The number of carbonyl (C=O) groups is 4. The van der Waals surface area contributed by atoms with E-state index in [4.69, 9.17) is 15.2 Å². The molecule has 0 radical (unpaired) electrons. The van der Waals surface area contributed by atoms with Crippen LogP contribution in [0.5, 0.6) is 17.2 Å². The quantitative estimate of drug-likeness (QED) is 0.0737. The zero-order valence-electron chi connectivity index (χ0n) is 30.7. The number of methoxy groups -OCH3 is 1. The first-order valence-electron chi connectivity index (χ1n) is 18.1. The van der Waals surface area contributed by atoms with Crippen LogP contribution in [0.15, 0.2) is 72.0 Å². The lowest BCUT2D eigenvalue weighted by Gasteiger charge is -2.43. The SMILES string of the molecule is C=C1C=CC(=O)N1c1ccc(CC(=O)N/N=C(/CO)[C@]2(O)Cc3c(O)c4c(c(O)c3[C@@H](OC3CC(C)C(O)C(N)C3)C2)C(=O)c2c(OC)cccc2C4=O)cc1. The van der Waals surface area contributed by atoms with Crippen molar-refractivity contribution < 1.29 is 54.2 Å². The number of rotatable bonds is 9. The summed E-state index contributed by atoms with van der Waals surface area (Å²) in [6.07, 6.45) is -0.161. The number of hydrogen-bond acceptors (Lipinski definition) is 13. The molecule has 4 aliphatic rings. The summed E-state index contributed by atoms with van der Waals surface area (Å²) in [6, 6.07) is 10.4. The lowest BCUT2D eigenvalue weighted by molar-refractivity contribution is -0.120. The van der Waals surface area contributed by atoms with Crippen LogP contribution in [-0.4, -0.2) is 92.2 Å². The fourth-order valence-electron chi connectivity index (χ4n) is 8.27. The van der Waals surface area contributed by atoms with E-state index in [0.717, 1.165) is 0 Å². The number of phenols is 2. The minimum Gasteiger partial charge on any atom is -0.507 e. The number of phenolic OH excluding ortho intramolecular Hbond substituents is 2. The summed E-state index contributed by atoms with van der Waals surface area (Å²) >= 11 is 0. The average molecular weight is 767 g/mol. The molecule has 292 valence electrons. The molecular formula is C41H42N4O11. The predicted octanol–water partition coefficient (Wildman–Crippen LogP) is 2.23. The second-order valence-electron chi connectivity index (χ2n) is 14.7. The molecule has 1 fully saturated rings. The Morgan fingerprint density at radius 2 is 1.75 bits per heavy atom. The molecule has 3 aromatic rings. The Kier molecular flexibility index (Phi) is 10.2. The number of ether oxygens (including phenoxy) is 2. The van der Waals surface area contributed by atoms with Crippen LogP contribution in [0, 0.1) is 5.92 Å². The first kappa shape index (κ1) is 38.6. The molecule has 2 amide bonds. The third kappa shape index (κ3) is 6.56. The van der Waals surface area contributed by atoms with Gasteiger partial charge in [-0.25, -0.2) is 5.43 Å². The van der Waals surface area contributed by atoms with E-state index in [1.807, 2.05) is 0 Å². The number of nitrogens with zero attached hydrogens (tertiary/aromatic N) is 2. The van der Waals surface area contributed by atoms with Crippen molar-refractivity contribution in [3.8, 4) is 17.2 Å². The van der Waals surface area contributed by atoms with Gasteiger partial charge in [-0.15, -0.1) is 0 Å². The highest BCUT2D eigenvalue weighted by atomic mass is 16.5. The Morgan fingerprint density at radius 1 is 1.04 bits per heavy atom. The number of aromatic hydroxyl groups is 2. The van der Waals surface area contributed by atoms with E-state index in [0.29, 0.717) is 23.4 Å². The van der Waals surface area contributed by atoms with Gasteiger partial charge in [-0.3, -0.25) is 24.1 Å². The van der Waals surface area contributed by atoms with E-state index in [-0.39, 0.29) is 64.8 Å². The van der Waals surface area contributed by atoms with Crippen molar-refractivity contribution in [3.63, 3.8) is 0 Å². The van der Waals surface area contributed by atoms with Crippen LogP contribution in [0.3, 0.4) is 0 Å². The molecule has 0 aromatic heterocycles. The molecule has 56 heavy (non-hydrogen) atoms. The summed E-state index contributed by atoms with van der Waals surface area (Å²) in [5.74, 6) is -3.85. The Hall–Kier alpha value is -5.71. The number of carbonyl (C=O) groups excluding carboxylic acids is 4. The van der Waals surface area contributed by atoms with Crippen molar-refractivity contribution in [1.82, 2.24) is 5.43 Å². The zero-order chi connectivity index (χ0) is 40.2. The molecule has 0 bridgehead atoms. The minimum absolute atomic E-state index is 0.0440. The Labute approximate surface area is 321 Å². The number of hydrazone groups is 1. The van der Waals surface area contributed by atoms with Crippen LogP contribution in [0.4, 0.5) is 5.69 Å². The number of amides is 2. The van der Waals surface area contributed by atoms with Gasteiger partial charge in [-0.2, -0.15) is 5.10 Å². The van der Waals surface area contributed by atoms with Gasteiger partial charge in [0.2, 0.25) is 11.7 Å². The van der Waals surface area contributed by atoms with E-state index < -0.39 is 83.1 Å². The van der Waals surface area contributed by atoms with Crippen LogP contribution in [0.1, 0.15) is 80.8 Å². The zero-order valence-corrected chi connectivity index (χ0v) is 30.7. The number of fused-ring (bicyclic) bond motifs is 3. The molecule has 1 aliphatic heterocycles. The lowest BCUT2D eigenvalue weighted by atomic mass is 9.71. The maximum Gasteiger partial charge on any atom is 0.255 e. The first-order chi connectivity index (χ1) is 26.7. The maximum atomic E-state index is 14.0. The van der Waals surface area contributed by atoms with Crippen LogP contribution < -0.4 is 20.8 Å². The van der Waals surface area contributed by atoms with Crippen molar-refractivity contribution in [2.45, 2.75) is 69.0 Å². The third-order valence-electron chi connectivity index (χ3n) is 11.1. The van der Waals surface area contributed by atoms with Gasteiger partial charge in [0.15, 0.2) is 5.78 Å². The summed E-state index contributed by atoms with van der Waals surface area (Å²) in [4.78, 5) is 54.6. The summed E-state index contributed by atoms with van der Waals surface area (Å²) < 4.78 is 11.9. The average Bonchev–Trinajstić information content (AvgIpc) is 3.50. The van der Waals surface area contributed by atoms with E-state index in [1.165, 1.54) is 36.3 Å². The molecule has 6 atom stereocenters. The summed E-state index contributed by atoms with van der Waals surface area (Å²) in [6.45, 7) is 4.80. The molecule has 15 heteroatoms. The van der Waals surface area contributed by atoms with Gasteiger partial charge in [-0.05, 0) is 48.6 Å². The monoisotopic (exact) mass is 766 g/mol. The summed E-state index contributed by atoms with van der Waals surface area (Å²) in [7, 11) is 1.33. The molecule has 1 saturated carbocycles. The third-order valence-corrected chi connectivity index (χ3v) is 11.1. The topological polar surface area (TPSA) is 242 Å². The highest BCUT2D eigenvalue weighted by molar-refractivity contribution is 6.31. The second kappa shape index (κ2) is 14.7. The highest BCUT2D eigenvalue weighted by Crippen LogP contribution is 2.53. The number of hydrogen-bond donors (Lipinski definition) is 7. The highest BCUT2D eigenvalue weighted by Gasteiger charge is 2.49. The van der Waals surface area contributed by atoms with Gasteiger partial charge in [0.05, 0.1) is 60.9 Å². The normalized spacial score (nSPS) is 25.9. The van der Waals surface area contributed by atoms with Gasteiger partial charge in [0.25, 0.3) is 5.91 Å². The van der Waals surface area contributed by atoms with Gasteiger partial charge in [0.1, 0.15) is 22.8 Å². The van der Waals surface area contributed by atoms with Crippen molar-refractivity contribution in [2.24, 2.45) is 16.8 Å². The minimum atomic E-state index is -2.12. The van der Waals surface area contributed by atoms with Crippen molar-refractivity contribution in [2.75, 3.05) is 18.6 Å². The van der Waals surface area contributed by atoms with E-state index in [1.54, 1.807) is 37.3 Å². The van der Waals surface area contributed by atoms with Crippen molar-refractivity contribution >= 4 is 34.8 Å².